The zero-order valence-electron chi connectivity index (χ0n) is 12.4. The van der Waals surface area contributed by atoms with Crippen LogP contribution in [0.3, 0.4) is 0 Å². The van der Waals surface area contributed by atoms with Crippen LogP contribution in [0.1, 0.15) is 25.0 Å². The third kappa shape index (κ3) is 4.42. The number of amidine groups is 1. The minimum Gasteiger partial charge on any atom is -0.409 e. The molecule has 0 saturated heterocycles. The molecule has 0 aliphatic rings. The Hall–Kier alpha value is -2.15. The van der Waals surface area contributed by atoms with Crippen molar-refractivity contribution >= 4 is 11.7 Å². The molecule has 0 aliphatic heterocycles. The summed E-state index contributed by atoms with van der Waals surface area (Å²) in [5.41, 5.74) is 5.96. The lowest BCUT2D eigenvalue weighted by Gasteiger charge is -2.23. The van der Waals surface area contributed by atoms with Crippen molar-refractivity contribution < 1.29 is 14.4 Å². The minimum absolute atomic E-state index is 0.0780. The first kappa shape index (κ1) is 16.9. The van der Waals surface area contributed by atoms with Crippen molar-refractivity contribution in [1.82, 2.24) is 10.6 Å². The van der Waals surface area contributed by atoms with Crippen molar-refractivity contribution in [3.8, 4) is 0 Å². The second-order valence-electron chi connectivity index (χ2n) is 5.35. The number of rotatable bonds is 6. The summed E-state index contributed by atoms with van der Waals surface area (Å²) in [4.78, 5) is 11.7. The molecule has 0 spiro atoms. The largest absolute Gasteiger partial charge is 0.409 e. The van der Waals surface area contributed by atoms with E-state index in [1.54, 1.807) is 13.1 Å². The molecule has 1 rings (SSSR count). The van der Waals surface area contributed by atoms with Crippen LogP contribution in [0.4, 0.5) is 4.39 Å². The summed E-state index contributed by atoms with van der Waals surface area (Å²) < 4.78 is 13.2. The van der Waals surface area contributed by atoms with Crippen molar-refractivity contribution in [2.75, 3.05) is 13.6 Å². The summed E-state index contributed by atoms with van der Waals surface area (Å²) in [6, 6.07) is 4.06. The van der Waals surface area contributed by atoms with Gasteiger partial charge in [0.25, 0.3) is 0 Å². The molecular weight excluding hydrogens is 275 g/mol. The monoisotopic (exact) mass is 296 g/mol. The number of benzene rings is 1. The Morgan fingerprint density at radius 1 is 1.48 bits per heavy atom. The molecular formula is C14H21FN4O2. The van der Waals surface area contributed by atoms with Crippen molar-refractivity contribution in [2.24, 2.45) is 16.3 Å². The summed E-state index contributed by atoms with van der Waals surface area (Å²) in [6.45, 7) is 4.42. The number of nitrogens with zero attached hydrogens (tertiary/aromatic N) is 1. The minimum atomic E-state index is -0.578. The summed E-state index contributed by atoms with van der Waals surface area (Å²) in [5.74, 6) is -0.700. The van der Waals surface area contributed by atoms with Gasteiger partial charge in [-0.2, -0.15) is 0 Å². The number of nitrogens with two attached hydrogens (primary N) is 1. The fourth-order valence-corrected chi connectivity index (χ4v) is 1.92. The Balaban J connectivity index is 2.79. The molecule has 1 amide bonds. The predicted molar refractivity (Wildman–Crippen MR) is 78.5 cm³/mol. The van der Waals surface area contributed by atoms with Gasteiger partial charge in [-0.15, -0.1) is 0 Å². The van der Waals surface area contributed by atoms with Crippen LogP contribution in [0.25, 0.3) is 0 Å². The number of hydrogen-bond donors (Lipinski definition) is 4. The van der Waals surface area contributed by atoms with E-state index >= 15 is 0 Å². The lowest BCUT2D eigenvalue weighted by Crippen LogP contribution is -2.42. The maximum absolute atomic E-state index is 13.2. The van der Waals surface area contributed by atoms with Crippen molar-refractivity contribution in [1.29, 1.82) is 0 Å². The normalized spacial score (nSPS) is 12.3. The average molecular weight is 296 g/mol. The third-order valence-electron chi connectivity index (χ3n) is 3.18. The van der Waals surface area contributed by atoms with E-state index in [2.05, 4.69) is 15.8 Å². The first-order valence-electron chi connectivity index (χ1n) is 6.51. The van der Waals surface area contributed by atoms with Gasteiger partial charge in [0.05, 0.1) is 5.41 Å². The smallest absolute Gasteiger partial charge is 0.226 e. The van der Waals surface area contributed by atoms with Crippen LogP contribution in [0.5, 0.6) is 0 Å². The third-order valence-corrected chi connectivity index (χ3v) is 3.18. The van der Waals surface area contributed by atoms with Crippen LogP contribution in [-0.2, 0) is 11.3 Å². The molecule has 0 aromatic heterocycles. The molecule has 0 heterocycles. The molecule has 1 aromatic carbocycles. The van der Waals surface area contributed by atoms with Gasteiger partial charge < -0.3 is 21.6 Å². The molecule has 0 unspecified atom stereocenters. The molecule has 0 fully saturated rings. The number of amides is 1. The number of carbonyl (C=O) groups excluding carboxylic acids is 1. The van der Waals surface area contributed by atoms with Crippen molar-refractivity contribution in [3.05, 3.63) is 35.1 Å². The fraction of sp³-hybridized carbons (Fsp3) is 0.429. The van der Waals surface area contributed by atoms with Crippen molar-refractivity contribution in [2.45, 2.75) is 20.4 Å². The highest BCUT2D eigenvalue weighted by atomic mass is 19.1. The molecule has 0 atom stereocenters. The first-order chi connectivity index (χ1) is 9.81. The average Bonchev–Trinajstić information content (AvgIpc) is 2.46. The Morgan fingerprint density at radius 2 is 2.14 bits per heavy atom. The van der Waals surface area contributed by atoms with E-state index in [4.69, 9.17) is 10.9 Å². The van der Waals surface area contributed by atoms with Crippen LogP contribution in [-0.4, -0.2) is 30.5 Å². The molecule has 1 aromatic rings. The van der Waals surface area contributed by atoms with Gasteiger partial charge in [0.15, 0.2) is 5.84 Å². The van der Waals surface area contributed by atoms with Crippen molar-refractivity contribution in [3.63, 3.8) is 0 Å². The van der Waals surface area contributed by atoms with E-state index in [1.165, 1.54) is 12.1 Å². The molecule has 21 heavy (non-hydrogen) atoms. The Bertz CT molecular complexity index is 544. The van der Waals surface area contributed by atoms with E-state index in [9.17, 15) is 9.18 Å². The summed E-state index contributed by atoms with van der Waals surface area (Å²) in [5, 5.41) is 17.3. The Labute approximate surface area is 123 Å². The van der Waals surface area contributed by atoms with Gasteiger partial charge in [-0.3, -0.25) is 4.79 Å². The van der Waals surface area contributed by atoms with E-state index in [0.717, 1.165) is 0 Å². The molecule has 116 valence electrons. The van der Waals surface area contributed by atoms with Crippen LogP contribution in [0.15, 0.2) is 23.4 Å². The SMILES string of the molecule is CNC(=O)C(C)(C)CNCc1ccc(F)cc1/C(N)=N/O. The highest BCUT2D eigenvalue weighted by Crippen LogP contribution is 2.15. The Kier molecular flexibility index (Phi) is 5.66. The van der Waals surface area contributed by atoms with Gasteiger partial charge in [0.2, 0.25) is 5.91 Å². The van der Waals surface area contributed by atoms with Gasteiger partial charge in [-0.05, 0) is 31.5 Å². The van der Waals surface area contributed by atoms with Gasteiger partial charge in [0, 0.05) is 25.7 Å². The zero-order valence-corrected chi connectivity index (χ0v) is 12.4. The maximum atomic E-state index is 13.2. The van der Waals surface area contributed by atoms with Gasteiger partial charge in [-0.1, -0.05) is 11.2 Å². The lowest BCUT2D eigenvalue weighted by atomic mass is 9.92. The molecule has 7 heteroatoms. The number of oxime groups is 1. The zero-order chi connectivity index (χ0) is 16.0. The number of nitrogens with one attached hydrogen (secondary N) is 2. The Morgan fingerprint density at radius 3 is 2.71 bits per heavy atom. The van der Waals surface area contributed by atoms with Crippen LogP contribution >= 0.6 is 0 Å². The van der Waals surface area contributed by atoms with Crippen LogP contribution in [0.2, 0.25) is 0 Å². The van der Waals surface area contributed by atoms with E-state index in [-0.39, 0.29) is 11.7 Å². The first-order valence-corrected chi connectivity index (χ1v) is 6.51. The summed E-state index contributed by atoms with van der Waals surface area (Å²) in [7, 11) is 1.58. The predicted octanol–water partition coefficient (Wildman–Crippen LogP) is 0.782. The van der Waals surface area contributed by atoms with Gasteiger partial charge >= 0.3 is 0 Å². The number of halogens is 1. The second kappa shape index (κ2) is 7.03. The van der Waals surface area contributed by atoms with Crippen LogP contribution in [0, 0.1) is 11.2 Å². The van der Waals surface area contributed by atoms with Gasteiger partial charge in [-0.25, -0.2) is 4.39 Å². The highest BCUT2D eigenvalue weighted by molar-refractivity contribution is 5.98. The topological polar surface area (TPSA) is 99.7 Å². The number of carbonyl (C=O) groups is 1. The number of hydrogen-bond acceptors (Lipinski definition) is 4. The van der Waals surface area contributed by atoms with E-state index < -0.39 is 11.2 Å². The molecule has 6 nitrogen and oxygen atoms in total. The summed E-state index contributed by atoms with van der Waals surface area (Å²) in [6.07, 6.45) is 0. The lowest BCUT2D eigenvalue weighted by molar-refractivity contribution is -0.128. The van der Waals surface area contributed by atoms with Crippen LogP contribution < -0.4 is 16.4 Å². The second-order valence-corrected chi connectivity index (χ2v) is 5.35. The van der Waals surface area contributed by atoms with E-state index in [1.807, 2.05) is 13.8 Å². The molecule has 5 N–H and O–H groups in total. The molecule has 0 aliphatic carbocycles. The molecule has 0 radical (unpaired) electrons. The molecule has 0 saturated carbocycles. The summed E-state index contributed by atoms with van der Waals surface area (Å²) >= 11 is 0. The maximum Gasteiger partial charge on any atom is 0.226 e. The fourth-order valence-electron chi connectivity index (χ4n) is 1.92. The van der Waals surface area contributed by atoms with Gasteiger partial charge in [0.1, 0.15) is 5.82 Å². The quantitative estimate of drug-likeness (QED) is 0.270. The standard InChI is InChI=1S/C14H21FN4O2/c1-14(2,13(20)17-3)8-18-7-9-4-5-10(15)6-11(9)12(16)19-21/h4-6,18,21H,7-8H2,1-3H3,(H2,16,19)(H,17,20). The molecule has 0 bridgehead atoms. The highest BCUT2D eigenvalue weighted by Gasteiger charge is 2.25. The van der Waals surface area contributed by atoms with E-state index in [0.29, 0.717) is 24.2 Å².